The number of Topliss-reactive ketones (excluding diaryl/α,β-unsaturated/α-hetero) is 1. The summed E-state index contributed by atoms with van der Waals surface area (Å²) in [6.07, 6.45) is -4.94. The van der Waals surface area contributed by atoms with Crippen molar-refractivity contribution in [1.29, 1.82) is 0 Å². The highest BCUT2D eigenvalue weighted by Crippen LogP contribution is 2.21. The molecule has 0 bridgehead atoms. The predicted octanol–water partition coefficient (Wildman–Crippen LogP) is 2.35. The van der Waals surface area contributed by atoms with Crippen LogP contribution in [0.25, 0.3) is 0 Å². The molecule has 0 saturated heterocycles. The average molecular weight is 289 g/mol. The van der Waals surface area contributed by atoms with E-state index in [0.29, 0.717) is 0 Å². The van der Waals surface area contributed by atoms with E-state index in [9.17, 15) is 22.8 Å². The van der Waals surface area contributed by atoms with E-state index in [4.69, 9.17) is 0 Å². The number of ketones is 1. The van der Waals surface area contributed by atoms with Crippen molar-refractivity contribution < 1.29 is 27.5 Å². The lowest BCUT2D eigenvalue weighted by Gasteiger charge is -2.04. The van der Waals surface area contributed by atoms with Gasteiger partial charge in [-0.05, 0) is 6.92 Å². The quantitative estimate of drug-likeness (QED) is 0.589. The van der Waals surface area contributed by atoms with Crippen molar-refractivity contribution in [3.8, 4) is 0 Å². The molecule has 0 aliphatic heterocycles. The number of hydrogen-bond donors (Lipinski definition) is 0. The molecule has 0 radical (unpaired) electrons. The van der Waals surface area contributed by atoms with Crippen LogP contribution in [0, 0.1) is 0 Å². The SMILES string of the molecule is CC(=O)CC(=O)OCC(Br)=CC(F)(F)F. The number of halogens is 4. The van der Waals surface area contributed by atoms with Crippen LogP contribution in [0.3, 0.4) is 0 Å². The van der Waals surface area contributed by atoms with Crippen molar-refractivity contribution in [1.82, 2.24) is 0 Å². The van der Waals surface area contributed by atoms with E-state index in [1.54, 1.807) is 0 Å². The van der Waals surface area contributed by atoms with Gasteiger partial charge in [0.05, 0.1) is 0 Å². The Morgan fingerprint density at radius 1 is 1.40 bits per heavy atom. The first kappa shape index (κ1) is 14.2. The molecular formula is C8H8BrF3O3. The molecule has 0 aromatic carbocycles. The minimum atomic E-state index is -4.47. The maximum absolute atomic E-state index is 11.7. The van der Waals surface area contributed by atoms with Gasteiger partial charge >= 0.3 is 12.1 Å². The molecule has 15 heavy (non-hydrogen) atoms. The van der Waals surface area contributed by atoms with Gasteiger partial charge in [-0.25, -0.2) is 0 Å². The number of carbonyl (C=O) groups excluding carboxylic acids is 2. The highest BCUT2D eigenvalue weighted by atomic mass is 79.9. The lowest BCUT2D eigenvalue weighted by Crippen LogP contribution is -2.11. The molecule has 0 atom stereocenters. The van der Waals surface area contributed by atoms with E-state index in [1.807, 2.05) is 0 Å². The fourth-order valence-electron chi connectivity index (χ4n) is 0.623. The lowest BCUT2D eigenvalue weighted by molar-refractivity contribution is -0.144. The van der Waals surface area contributed by atoms with Crippen molar-refractivity contribution in [3.05, 3.63) is 10.6 Å². The van der Waals surface area contributed by atoms with Gasteiger partial charge in [-0.15, -0.1) is 0 Å². The summed E-state index contributed by atoms with van der Waals surface area (Å²) in [5.74, 6) is -1.26. The van der Waals surface area contributed by atoms with Gasteiger partial charge in [-0.1, -0.05) is 15.9 Å². The first-order valence-corrected chi connectivity index (χ1v) is 4.59. The number of esters is 1. The van der Waals surface area contributed by atoms with Gasteiger partial charge in [0.15, 0.2) is 0 Å². The maximum Gasteiger partial charge on any atom is 0.410 e. The topological polar surface area (TPSA) is 43.4 Å². The van der Waals surface area contributed by atoms with Crippen molar-refractivity contribution in [2.24, 2.45) is 0 Å². The van der Waals surface area contributed by atoms with E-state index >= 15 is 0 Å². The number of alkyl halides is 3. The molecule has 0 aromatic rings. The molecule has 0 saturated carbocycles. The van der Waals surface area contributed by atoms with Gasteiger partial charge in [0, 0.05) is 10.6 Å². The minimum Gasteiger partial charge on any atom is -0.460 e. The van der Waals surface area contributed by atoms with Gasteiger partial charge < -0.3 is 4.74 Å². The van der Waals surface area contributed by atoms with Crippen molar-refractivity contribution in [2.75, 3.05) is 6.61 Å². The Labute approximate surface area is 92.4 Å². The Kier molecular flexibility index (Phi) is 5.56. The average Bonchev–Trinajstić information content (AvgIpc) is 1.96. The van der Waals surface area contributed by atoms with Crippen molar-refractivity contribution in [3.63, 3.8) is 0 Å². The zero-order valence-corrected chi connectivity index (χ0v) is 9.31. The van der Waals surface area contributed by atoms with Crippen molar-refractivity contribution in [2.45, 2.75) is 19.5 Å². The Morgan fingerprint density at radius 2 is 1.93 bits per heavy atom. The molecule has 0 N–H and O–H groups in total. The molecule has 0 rings (SSSR count). The van der Waals surface area contributed by atoms with Crippen LogP contribution in [-0.4, -0.2) is 24.5 Å². The standard InChI is InChI=1S/C8H8BrF3O3/c1-5(13)2-7(14)15-4-6(9)3-8(10,11)12/h3H,2,4H2,1H3. The second-order valence-electron chi connectivity index (χ2n) is 2.67. The number of hydrogen-bond acceptors (Lipinski definition) is 3. The van der Waals surface area contributed by atoms with E-state index in [0.717, 1.165) is 0 Å². The molecule has 0 aliphatic carbocycles. The molecule has 0 aromatic heterocycles. The Bertz CT molecular complexity index is 283. The Hall–Kier alpha value is -0.850. The molecular weight excluding hydrogens is 281 g/mol. The second-order valence-corrected chi connectivity index (χ2v) is 3.69. The van der Waals surface area contributed by atoms with Gasteiger partial charge in [0.2, 0.25) is 0 Å². The molecule has 0 heterocycles. The zero-order valence-electron chi connectivity index (χ0n) is 7.73. The summed E-state index contributed by atoms with van der Waals surface area (Å²) in [4.78, 5) is 21.2. The van der Waals surface area contributed by atoms with E-state index in [-0.39, 0.29) is 10.6 Å². The highest BCUT2D eigenvalue weighted by Gasteiger charge is 2.24. The third-order valence-electron chi connectivity index (χ3n) is 1.08. The van der Waals surface area contributed by atoms with Crippen molar-refractivity contribution >= 4 is 27.7 Å². The second kappa shape index (κ2) is 5.89. The molecule has 0 amide bonds. The van der Waals surface area contributed by atoms with Crippen LogP contribution in [0.4, 0.5) is 13.2 Å². The number of rotatable bonds is 4. The monoisotopic (exact) mass is 288 g/mol. The highest BCUT2D eigenvalue weighted by molar-refractivity contribution is 9.11. The van der Waals surface area contributed by atoms with Crippen LogP contribution in [0.5, 0.6) is 0 Å². The third-order valence-corrected chi connectivity index (χ3v) is 1.54. The van der Waals surface area contributed by atoms with Gasteiger partial charge in [0.25, 0.3) is 0 Å². The van der Waals surface area contributed by atoms with Gasteiger partial charge in [0.1, 0.15) is 18.8 Å². The molecule has 0 aliphatic rings. The van der Waals surface area contributed by atoms with Crippen LogP contribution < -0.4 is 0 Å². The molecule has 0 unspecified atom stereocenters. The van der Waals surface area contributed by atoms with E-state index < -0.39 is 31.0 Å². The van der Waals surface area contributed by atoms with Crippen LogP contribution in [0.1, 0.15) is 13.3 Å². The van der Waals surface area contributed by atoms with E-state index in [1.165, 1.54) is 6.92 Å². The molecule has 0 fully saturated rings. The first-order valence-electron chi connectivity index (χ1n) is 3.79. The van der Waals surface area contributed by atoms with E-state index in [2.05, 4.69) is 20.7 Å². The fourth-order valence-corrected chi connectivity index (χ4v) is 0.997. The summed E-state index contributed by atoms with van der Waals surface area (Å²) in [5, 5.41) is 0. The van der Waals surface area contributed by atoms with Crippen LogP contribution >= 0.6 is 15.9 Å². The number of carbonyl (C=O) groups is 2. The Balaban J connectivity index is 4.01. The maximum atomic E-state index is 11.7. The normalized spacial score (nSPS) is 12.5. The number of allylic oxidation sites excluding steroid dienone is 1. The largest absolute Gasteiger partial charge is 0.460 e. The third kappa shape index (κ3) is 9.45. The molecule has 86 valence electrons. The van der Waals surface area contributed by atoms with Gasteiger partial charge in [-0.2, -0.15) is 13.2 Å². The summed E-state index contributed by atoms with van der Waals surface area (Å²) >= 11 is 2.59. The lowest BCUT2D eigenvalue weighted by atomic mass is 10.3. The number of ether oxygens (including phenoxy) is 1. The first-order chi connectivity index (χ1) is 6.70. The zero-order chi connectivity index (χ0) is 12.1. The van der Waals surface area contributed by atoms with Gasteiger partial charge in [-0.3, -0.25) is 9.59 Å². The summed E-state index contributed by atoms with van der Waals surface area (Å²) in [6.45, 7) is 0.646. The fraction of sp³-hybridized carbons (Fsp3) is 0.500. The van der Waals surface area contributed by atoms with Crippen LogP contribution in [-0.2, 0) is 14.3 Å². The predicted molar refractivity (Wildman–Crippen MR) is 49.3 cm³/mol. The van der Waals surface area contributed by atoms with Crippen LogP contribution in [0.15, 0.2) is 10.6 Å². The molecule has 7 heteroatoms. The Morgan fingerprint density at radius 3 is 2.33 bits per heavy atom. The summed E-state index contributed by atoms with van der Waals surface area (Å²) < 4.78 is 39.3. The molecule has 3 nitrogen and oxygen atoms in total. The summed E-state index contributed by atoms with van der Waals surface area (Å²) in [5.41, 5.74) is 0. The minimum absolute atomic E-state index is 0.0337. The molecule has 0 spiro atoms. The smallest absolute Gasteiger partial charge is 0.410 e. The summed E-state index contributed by atoms with van der Waals surface area (Å²) in [7, 11) is 0. The van der Waals surface area contributed by atoms with Crippen LogP contribution in [0.2, 0.25) is 0 Å². The summed E-state index contributed by atoms with van der Waals surface area (Å²) in [6, 6.07) is 0.